The van der Waals surface area contributed by atoms with Crippen LogP contribution in [0.3, 0.4) is 0 Å². The normalized spacial score (nSPS) is 14.1. The quantitative estimate of drug-likeness (QED) is 0.173. The molecule has 10 rings (SSSR count). The molecule has 0 unspecified atom stereocenters. The highest BCUT2D eigenvalue weighted by Gasteiger charge is 2.16. The van der Waals surface area contributed by atoms with Gasteiger partial charge in [-0.15, -0.1) is 0 Å². The van der Waals surface area contributed by atoms with Gasteiger partial charge in [-0.1, -0.05) is 170 Å². The van der Waals surface area contributed by atoms with E-state index in [0.717, 1.165) is 43.8 Å². The number of fused-ring (bicyclic) bond motifs is 2. The van der Waals surface area contributed by atoms with E-state index in [1.165, 1.54) is 0 Å². The third-order valence-corrected chi connectivity index (χ3v) is 9.50. The molecule has 10 aromatic rings. The van der Waals surface area contributed by atoms with E-state index >= 15 is 0 Å². The van der Waals surface area contributed by atoms with E-state index in [9.17, 15) is 11.0 Å². The van der Waals surface area contributed by atoms with Crippen LogP contribution in [0.5, 0.6) is 0 Å². The van der Waals surface area contributed by atoms with Crippen molar-refractivity contribution >= 4 is 53.9 Å². The summed E-state index contributed by atoms with van der Waals surface area (Å²) < 4.78 is 74.9. The standard InChI is InChI=1S/C48H30/c1-3-17-39-31(9-1)11-7-19-41(39)35-13-5-15-37(29-35)43-25-21-33-24-28-46-44(26-22-34-23-27-45(43)47(33)48(34)46)38-16-6-14-36(30-38)42-20-8-12-32-10-2-4-18-40(32)42/h1-30H/i21D,22D,23D,24D,25D,26D,27D,28D. The predicted molar refractivity (Wildman–Crippen MR) is 207 cm³/mol. The van der Waals surface area contributed by atoms with Gasteiger partial charge in [-0.2, -0.15) is 0 Å². The Morgan fingerprint density at radius 3 is 1.12 bits per heavy atom. The molecule has 0 heterocycles. The molecule has 0 radical (unpaired) electrons. The number of hydrogen-bond donors (Lipinski definition) is 0. The summed E-state index contributed by atoms with van der Waals surface area (Å²) in [5, 5.41) is 5.35. The predicted octanol–water partition coefficient (Wildman–Crippen LogP) is 13.6. The largest absolute Gasteiger partial charge is 0.0630 e. The van der Waals surface area contributed by atoms with Crippen LogP contribution in [0, 0.1) is 0 Å². The molecule has 0 amide bonds. The highest BCUT2D eigenvalue weighted by atomic mass is 14.2. The lowest BCUT2D eigenvalue weighted by molar-refractivity contribution is 1.62. The van der Waals surface area contributed by atoms with Gasteiger partial charge < -0.3 is 0 Å². The Hall–Kier alpha value is -6.24. The maximum atomic E-state index is 9.43. The topological polar surface area (TPSA) is 0 Å². The van der Waals surface area contributed by atoms with Crippen molar-refractivity contribution in [3.63, 3.8) is 0 Å². The third kappa shape index (κ3) is 4.16. The molecule has 0 aliphatic rings. The van der Waals surface area contributed by atoms with E-state index < -0.39 is 0 Å². The summed E-state index contributed by atoms with van der Waals surface area (Å²) in [6.07, 6.45) is 0. The Morgan fingerprint density at radius 2 is 0.646 bits per heavy atom. The lowest BCUT2D eigenvalue weighted by atomic mass is 9.86. The van der Waals surface area contributed by atoms with Gasteiger partial charge in [0.05, 0.1) is 11.0 Å². The molecule has 0 bridgehead atoms. The van der Waals surface area contributed by atoms with Crippen LogP contribution >= 0.6 is 0 Å². The zero-order chi connectivity index (χ0) is 38.6. The molecule has 0 aliphatic carbocycles. The fourth-order valence-electron chi connectivity index (χ4n) is 7.26. The molecule has 0 aliphatic heterocycles. The highest BCUT2D eigenvalue weighted by molar-refractivity contribution is 6.27. The molecule has 10 aromatic carbocycles. The van der Waals surface area contributed by atoms with Crippen molar-refractivity contribution in [1.82, 2.24) is 0 Å². The molecule has 222 valence electrons. The summed E-state index contributed by atoms with van der Waals surface area (Å²) in [5.41, 5.74) is 5.44. The summed E-state index contributed by atoms with van der Waals surface area (Å²) in [5.74, 6) is 0. The summed E-state index contributed by atoms with van der Waals surface area (Å²) in [6, 6.07) is 41.6. The smallest absolute Gasteiger partial charge is 0.0616 e. The van der Waals surface area contributed by atoms with Crippen LogP contribution in [0.4, 0.5) is 0 Å². The summed E-state index contributed by atoms with van der Waals surface area (Å²) in [4.78, 5) is 0. The summed E-state index contributed by atoms with van der Waals surface area (Å²) >= 11 is 0. The maximum absolute atomic E-state index is 9.43. The van der Waals surface area contributed by atoms with E-state index in [-0.39, 0.29) is 81.0 Å². The Bertz CT molecular complexity index is 3060. The fourth-order valence-corrected chi connectivity index (χ4v) is 7.26. The van der Waals surface area contributed by atoms with E-state index in [2.05, 4.69) is 36.4 Å². The zero-order valence-corrected chi connectivity index (χ0v) is 25.7. The minimum atomic E-state index is -0.293. The van der Waals surface area contributed by atoms with Crippen molar-refractivity contribution in [2.45, 2.75) is 0 Å². The average Bonchev–Trinajstić information content (AvgIpc) is 3.23. The van der Waals surface area contributed by atoms with E-state index in [1.54, 1.807) is 0 Å². The van der Waals surface area contributed by atoms with Crippen molar-refractivity contribution in [3.8, 4) is 44.5 Å². The number of benzene rings is 10. The van der Waals surface area contributed by atoms with Gasteiger partial charge in [0, 0.05) is 0 Å². The van der Waals surface area contributed by atoms with Gasteiger partial charge >= 0.3 is 0 Å². The monoisotopic (exact) mass is 614 g/mol. The Kier molecular flexibility index (Phi) is 4.46. The van der Waals surface area contributed by atoms with Gasteiger partial charge in [-0.25, -0.2) is 0 Å². The third-order valence-electron chi connectivity index (χ3n) is 9.50. The molecular formula is C48H30. The molecule has 0 saturated heterocycles. The van der Waals surface area contributed by atoms with Crippen molar-refractivity contribution in [2.24, 2.45) is 0 Å². The maximum Gasteiger partial charge on any atom is 0.0630 e. The second-order valence-electron chi connectivity index (χ2n) is 12.2. The van der Waals surface area contributed by atoms with Gasteiger partial charge in [-0.05, 0) is 111 Å². The lowest BCUT2D eigenvalue weighted by Gasteiger charge is -2.17. The molecule has 0 saturated carbocycles. The highest BCUT2D eigenvalue weighted by Crippen LogP contribution is 2.43. The first kappa shape index (κ1) is 20.1. The number of rotatable bonds is 4. The lowest BCUT2D eigenvalue weighted by Crippen LogP contribution is -1.90. The number of hydrogen-bond acceptors (Lipinski definition) is 0. The van der Waals surface area contributed by atoms with Crippen LogP contribution in [-0.4, -0.2) is 0 Å². The van der Waals surface area contributed by atoms with Crippen molar-refractivity contribution in [2.75, 3.05) is 0 Å². The van der Waals surface area contributed by atoms with Crippen LogP contribution in [0.15, 0.2) is 182 Å². The fraction of sp³-hybridized carbons (Fsp3) is 0. The molecular weight excluding hydrogens is 577 g/mol. The van der Waals surface area contributed by atoms with Gasteiger partial charge in [0.2, 0.25) is 0 Å². The molecule has 0 atom stereocenters. The molecule has 48 heavy (non-hydrogen) atoms. The average molecular weight is 615 g/mol. The van der Waals surface area contributed by atoms with Gasteiger partial charge in [0.25, 0.3) is 0 Å². The molecule has 0 fully saturated rings. The first-order chi connectivity index (χ1) is 27.2. The second-order valence-corrected chi connectivity index (χ2v) is 12.2. The SMILES string of the molecule is [2H]c1c([2H])c2c([2H])c([2H])c3c(-c4cccc(-c5cccc6ccccc56)c4)c([2H])c([2H])c4c([2H])c([2H])c(c1-c1cccc(-c5cccc6ccccc56)c1)c2c43. The Morgan fingerprint density at radius 1 is 0.271 bits per heavy atom. The van der Waals surface area contributed by atoms with E-state index in [1.807, 2.05) is 97.1 Å². The minimum Gasteiger partial charge on any atom is -0.0616 e. The first-order valence-corrected chi connectivity index (χ1v) is 16.0. The van der Waals surface area contributed by atoms with Gasteiger partial charge in [0.1, 0.15) is 0 Å². The molecule has 0 N–H and O–H groups in total. The van der Waals surface area contributed by atoms with Crippen LogP contribution in [-0.2, 0) is 0 Å². The summed E-state index contributed by atoms with van der Waals surface area (Å²) in [7, 11) is 0. The van der Waals surface area contributed by atoms with Crippen molar-refractivity contribution in [1.29, 1.82) is 0 Å². The molecule has 0 nitrogen and oxygen atoms in total. The second kappa shape index (κ2) is 10.7. The van der Waals surface area contributed by atoms with Crippen LogP contribution < -0.4 is 0 Å². The molecule has 0 aromatic heterocycles. The first-order valence-electron chi connectivity index (χ1n) is 20.0. The van der Waals surface area contributed by atoms with Crippen molar-refractivity contribution in [3.05, 3.63) is 182 Å². The van der Waals surface area contributed by atoms with Crippen LogP contribution in [0.25, 0.3) is 98.4 Å². The Labute approximate surface area is 290 Å². The molecule has 0 spiro atoms. The van der Waals surface area contributed by atoms with E-state index in [4.69, 9.17) is 0 Å². The Balaban J connectivity index is 1.31. The molecule has 0 heteroatoms. The zero-order valence-electron chi connectivity index (χ0n) is 33.7. The van der Waals surface area contributed by atoms with Gasteiger partial charge in [-0.3, -0.25) is 0 Å². The van der Waals surface area contributed by atoms with Crippen LogP contribution in [0.1, 0.15) is 11.0 Å². The van der Waals surface area contributed by atoms with Crippen molar-refractivity contribution < 1.29 is 11.0 Å². The van der Waals surface area contributed by atoms with E-state index in [0.29, 0.717) is 21.9 Å². The van der Waals surface area contributed by atoms with Crippen LogP contribution in [0.2, 0.25) is 0 Å². The van der Waals surface area contributed by atoms with Gasteiger partial charge in [0.15, 0.2) is 0 Å². The summed E-state index contributed by atoms with van der Waals surface area (Å²) in [6.45, 7) is 0. The minimum absolute atomic E-state index is 0.0301.